The lowest BCUT2D eigenvalue weighted by molar-refractivity contribution is 0.0653. The number of benzene rings is 1. The van der Waals surface area contributed by atoms with Crippen LogP contribution in [0, 0.1) is 0 Å². The first-order valence-electron chi connectivity index (χ1n) is 7.15. The standard InChI is InChI=1S/C15H19N3O4/c1-10(19)9-17-15(22)16-7-4-8-18-13(20)11-5-2-3-6-12(11)14(18)21/h2-3,5-6,10,19H,4,7-9H2,1H3,(H2,16,17,22). The number of carbonyl (C=O) groups is 3. The maximum atomic E-state index is 12.1. The lowest BCUT2D eigenvalue weighted by Crippen LogP contribution is -2.40. The first-order valence-corrected chi connectivity index (χ1v) is 7.15. The van der Waals surface area contributed by atoms with Crippen LogP contribution in [0.25, 0.3) is 0 Å². The zero-order chi connectivity index (χ0) is 16.1. The van der Waals surface area contributed by atoms with E-state index in [0.717, 1.165) is 0 Å². The normalized spacial score (nSPS) is 14.7. The van der Waals surface area contributed by atoms with E-state index in [1.807, 2.05) is 0 Å². The minimum atomic E-state index is -0.607. The van der Waals surface area contributed by atoms with E-state index in [-0.39, 0.29) is 30.9 Å². The van der Waals surface area contributed by atoms with Crippen LogP contribution in [0.3, 0.4) is 0 Å². The summed E-state index contributed by atoms with van der Waals surface area (Å²) in [6.45, 7) is 2.33. The van der Waals surface area contributed by atoms with Crippen molar-refractivity contribution in [1.82, 2.24) is 15.5 Å². The van der Waals surface area contributed by atoms with E-state index in [2.05, 4.69) is 10.6 Å². The number of rotatable bonds is 6. The Morgan fingerprint density at radius 1 is 1.18 bits per heavy atom. The Morgan fingerprint density at radius 3 is 2.32 bits per heavy atom. The molecule has 0 aromatic heterocycles. The van der Waals surface area contributed by atoms with Gasteiger partial charge in [-0.25, -0.2) is 4.79 Å². The molecular formula is C15H19N3O4. The van der Waals surface area contributed by atoms with Crippen molar-refractivity contribution >= 4 is 17.8 Å². The van der Waals surface area contributed by atoms with Gasteiger partial charge in [-0.2, -0.15) is 0 Å². The van der Waals surface area contributed by atoms with Crippen LogP contribution in [0.5, 0.6) is 0 Å². The van der Waals surface area contributed by atoms with Crippen molar-refractivity contribution in [3.05, 3.63) is 35.4 Å². The van der Waals surface area contributed by atoms with Gasteiger partial charge in [0.15, 0.2) is 0 Å². The van der Waals surface area contributed by atoms with Gasteiger partial charge in [0.25, 0.3) is 11.8 Å². The number of amides is 4. The zero-order valence-electron chi connectivity index (χ0n) is 12.3. The van der Waals surface area contributed by atoms with Crippen LogP contribution in [-0.2, 0) is 0 Å². The van der Waals surface area contributed by atoms with E-state index >= 15 is 0 Å². The van der Waals surface area contributed by atoms with Crippen LogP contribution in [0.15, 0.2) is 24.3 Å². The largest absolute Gasteiger partial charge is 0.392 e. The van der Waals surface area contributed by atoms with Crippen LogP contribution in [-0.4, -0.2) is 53.6 Å². The van der Waals surface area contributed by atoms with Crippen molar-refractivity contribution in [3.8, 4) is 0 Å². The predicted molar refractivity (Wildman–Crippen MR) is 79.5 cm³/mol. The number of aliphatic hydroxyl groups is 1. The van der Waals surface area contributed by atoms with E-state index in [9.17, 15) is 14.4 Å². The highest BCUT2D eigenvalue weighted by Gasteiger charge is 2.34. The highest BCUT2D eigenvalue weighted by Crippen LogP contribution is 2.22. The number of carbonyl (C=O) groups excluding carboxylic acids is 3. The summed E-state index contributed by atoms with van der Waals surface area (Å²) < 4.78 is 0. The molecule has 1 aliphatic heterocycles. The molecule has 0 bridgehead atoms. The second kappa shape index (κ2) is 7.04. The quantitative estimate of drug-likeness (QED) is 0.522. The Balaban J connectivity index is 1.76. The Labute approximate surface area is 128 Å². The van der Waals surface area contributed by atoms with Crippen molar-refractivity contribution in [3.63, 3.8) is 0 Å². The first kappa shape index (κ1) is 16.0. The third-order valence-electron chi connectivity index (χ3n) is 3.28. The van der Waals surface area contributed by atoms with Gasteiger partial charge in [-0.3, -0.25) is 14.5 Å². The van der Waals surface area contributed by atoms with E-state index in [1.165, 1.54) is 4.90 Å². The fraction of sp³-hybridized carbons (Fsp3) is 0.400. The molecule has 118 valence electrons. The van der Waals surface area contributed by atoms with Crippen LogP contribution >= 0.6 is 0 Å². The second-order valence-electron chi connectivity index (χ2n) is 5.15. The molecule has 1 aromatic carbocycles. The summed E-state index contributed by atoms with van der Waals surface area (Å²) in [6, 6.07) is 6.33. The molecule has 1 unspecified atom stereocenters. The third-order valence-corrected chi connectivity index (χ3v) is 3.28. The van der Waals surface area contributed by atoms with E-state index in [4.69, 9.17) is 5.11 Å². The lowest BCUT2D eigenvalue weighted by Gasteiger charge is -2.14. The summed E-state index contributed by atoms with van der Waals surface area (Å²) in [6.07, 6.45) is -0.141. The third kappa shape index (κ3) is 3.62. The SMILES string of the molecule is CC(O)CNC(=O)NCCCN1C(=O)c2ccccc2C1=O. The molecule has 1 atom stereocenters. The van der Waals surface area contributed by atoms with Crippen molar-refractivity contribution in [2.45, 2.75) is 19.4 Å². The Bertz CT molecular complexity index is 551. The van der Waals surface area contributed by atoms with Crippen LogP contribution in [0.4, 0.5) is 4.79 Å². The van der Waals surface area contributed by atoms with Crippen molar-refractivity contribution in [2.24, 2.45) is 0 Å². The fourth-order valence-electron chi connectivity index (χ4n) is 2.18. The van der Waals surface area contributed by atoms with Gasteiger partial charge < -0.3 is 15.7 Å². The molecule has 7 nitrogen and oxygen atoms in total. The van der Waals surface area contributed by atoms with Gasteiger partial charge in [0, 0.05) is 19.6 Å². The van der Waals surface area contributed by atoms with Crippen LogP contribution < -0.4 is 10.6 Å². The summed E-state index contributed by atoms with van der Waals surface area (Å²) in [5.74, 6) is -0.585. The number of aliphatic hydroxyl groups excluding tert-OH is 1. The molecule has 2 rings (SSSR count). The molecule has 1 aliphatic rings. The van der Waals surface area contributed by atoms with E-state index in [1.54, 1.807) is 31.2 Å². The summed E-state index contributed by atoms with van der Waals surface area (Å²) >= 11 is 0. The molecule has 1 aromatic rings. The lowest BCUT2D eigenvalue weighted by atomic mass is 10.1. The van der Waals surface area contributed by atoms with Crippen LogP contribution in [0.2, 0.25) is 0 Å². The number of nitrogens with one attached hydrogen (secondary N) is 2. The van der Waals surface area contributed by atoms with E-state index < -0.39 is 6.10 Å². The molecule has 0 spiro atoms. The summed E-state index contributed by atoms with van der Waals surface area (Å²) in [5, 5.41) is 14.1. The average Bonchev–Trinajstić information content (AvgIpc) is 2.74. The minimum Gasteiger partial charge on any atom is -0.392 e. The summed E-state index contributed by atoms with van der Waals surface area (Å²) in [7, 11) is 0. The van der Waals surface area contributed by atoms with E-state index in [0.29, 0.717) is 24.1 Å². The van der Waals surface area contributed by atoms with Gasteiger partial charge in [-0.1, -0.05) is 12.1 Å². The zero-order valence-corrected chi connectivity index (χ0v) is 12.3. The monoisotopic (exact) mass is 305 g/mol. The molecule has 0 fully saturated rings. The molecule has 0 saturated carbocycles. The second-order valence-corrected chi connectivity index (χ2v) is 5.15. The Hall–Kier alpha value is -2.41. The highest BCUT2D eigenvalue weighted by atomic mass is 16.3. The van der Waals surface area contributed by atoms with Crippen molar-refractivity contribution < 1.29 is 19.5 Å². The first-order chi connectivity index (χ1) is 10.5. The van der Waals surface area contributed by atoms with Gasteiger partial charge >= 0.3 is 6.03 Å². The van der Waals surface area contributed by atoms with Gasteiger partial charge in [0.05, 0.1) is 17.2 Å². The number of nitrogens with zero attached hydrogens (tertiary/aromatic N) is 1. The summed E-state index contributed by atoms with van der Waals surface area (Å²) in [5.41, 5.74) is 0.852. The fourth-order valence-corrected chi connectivity index (χ4v) is 2.18. The van der Waals surface area contributed by atoms with Gasteiger partial charge in [0.1, 0.15) is 0 Å². The maximum absolute atomic E-state index is 12.1. The molecule has 3 N–H and O–H groups in total. The smallest absolute Gasteiger partial charge is 0.314 e. The molecule has 0 aliphatic carbocycles. The number of hydrogen-bond donors (Lipinski definition) is 3. The predicted octanol–water partition coefficient (Wildman–Crippen LogP) is 0.353. The van der Waals surface area contributed by atoms with Gasteiger partial charge in [-0.05, 0) is 25.5 Å². The van der Waals surface area contributed by atoms with Crippen molar-refractivity contribution in [1.29, 1.82) is 0 Å². The maximum Gasteiger partial charge on any atom is 0.314 e. The molecule has 0 radical (unpaired) electrons. The molecule has 7 heteroatoms. The summed E-state index contributed by atoms with van der Waals surface area (Å²) in [4.78, 5) is 36.7. The Kier molecular flexibility index (Phi) is 5.11. The van der Waals surface area contributed by atoms with Crippen LogP contribution in [0.1, 0.15) is 34.1 Å². The number of fused-ring (bicyclic) bond motifs is 1. The highest BCUT2D eigenvalue weighted by molar-refractivity contribution is 6.21. The number of imide groups is 1. The number of urea groups is 1. The molecule has 4 amide bonds. The van der Waals surface area contributed by atoms with Gasteiger partial charge in [0.2, 0.25) is 0 Å². The molecule has 0 saturated heterocycles. The van der Waals surface area contributed by atoms with Gasteiger partial charge in [-0.15, -0.1) is 0 Å². The molecule has 22 heavy (non-hydrogen) atoms. The average molecular weight is 305 g/mol. The molecule has 1 heterocycles. The van der Waals surface area contributed by atoms with Crippen molar-refractivity contribution in [2.75, 3.05) is 19.6 Å². The topological polar surface area (TPSA) is 98.7 Å². The minimum absolute atomic E-state index is 0.171. The number of hydrogen-bond acceptors (Lipinski definition) is 4. The molecular weight excluding hydrogens is 286 g/mol. The Morgan fingerprint density at radius 2 is 1.77 bits per heavy atom.